The van der Waals surface area contributed by atoms with Crippen molar-refractivity contribution in [2.24, 2.45) is 0 Å². The molecule has 3 aliphatic heterocycles. The Morgan fingerprint density at radius 2 is 1.71 bits per heavy atom. The van der Waals surface area contributed by atoms with E-state index in [0.29, 0.717) is 48.9 Å². The number of anilines is 1. The van der Waals surface area contributed by atoms with Gasteiger partial charge >= 0.3 is 6.09 Å². The average molecular weight is 665 g/mol. The molecule has 1 unspecified atom stereocenters. The van der Waals surface area contributed by atoms with E-state index >= 15 is 0 Å². The summed E-state index contributed by atoms with van der Waals surface area (Å²) in [6, 6.07) is 11.6. The molecule has 250 valence electrons. The Bertz CT molecular complexity index is 1760. The molecule has 3 aliphatic rings. The second-order valence-electron chi connectivity index (χ2n) is 11.2. The number of halogens is 2. The minimum Gasteiger partial charge on any atom is -0.482 e. The van der Waals surface area contributed by atoms with E-state index in [-0.39, 0.29) is 55.6 Å². The lowest BCUT2D eigenvalue weighted by molar-refractivity contribution is -0.138. The van der Waals surface area contributed by atoms with E-state index in [0.717, 1.165) is 12.1 Å². The van der Waals surface area contributed by atoms with Crippen LogP contribution in [0.1, 0.15) is 34.3 Å². The van der Waals surface area contributed by atoms with Crippen LogP contribution in [0.5, 0.6) is 17.2 Å². The van der Waals surface area contributed by atoms with Crippen LogP contribution in [0.15, 0.2) is 54.6 Å². The summed E-state index contributed by atoms with van der Waals surface area (Å²) in [7, 11) is 0. The molecule has 0 spiro atoms. The number of benzene rings is 3. The summed E-state index contributed by atoms with van der Waals surface area (Å²) in [6.07, 6.45) is -0.576. The van der Waals surface area contributed by atoms with Crippen LogP contribution in [0.4, 0.5) is 19.3 Å². The minimum absolute atomic E-state index is 0.0560. The molecule has 5 amide bonds. The Morgan fingerprint density at radius 1 is 0.958 bits per heavy atom. The smallest absolute Gasteiger partial charge is 0.411 e. The van der Waals surface area contributed by atoms with Crippen molar-refractivity contribution in [2.45, 2.75) is 32.0 Å². The summed E-state index contributed by atoms with van der Waals surface area (Å²) in [5.41, 5.74) is 1.35. The molecule has 3 heterocycles. The number of imide groups is 1. The predicted molar refractivity (Wildman–Crippen MR) is 162 cm³/mol. The highest BCUT2D eigenvalue weighted by Crippen LogP contribution is 2.37. The number of hydrogen-bond acceptors (Lipinski definition) is 9. The molecule has 2 saturated heterocycles. The van der Waals surface area contributed by atoms with E-state index in [1.54, 1.807) is 17.0 Å². The number of carbonyl (C=O) groups is 5. The van der Waals surface area contributed by atoms with Gasteiger partial charge in [0.2, 0.25) is 11.8 Å². The zero-order valence-corrected chi connectivity index (χ0v) is 25.5. The van der Waals surface area contributed by atoms with Gasteiger partial charge in [0.25, 0.3) is 11.8 Å². The molecule has 0 aromatic heterocycles. The first-order valence-electron chi connectivity index (χ1n) is 15.1. The van der Waals surface area contributed by atoms with Gasteiger partial charge in [0, 0.05) is 43.4 Å². The Labute approximate surface area is 272 Å². The maximum absolute atomic E-state index is 13.7. The molecule has 2 fully saturated rings. The summed E-state index contributed by atoms with van der Waals surface area (Å²) in [5, 5.41) is 4.83. The van der Waals surface area contributed by atoms with Crippen LogP contribution in [0.25, 0.3) is 0 Å². The zero-order chi connectivity index (χ0) is 33.8. The summed E-state index contributed by atoms with van der Waals surface area (Å²) >= 11 is 0. The Hall–Kier alpha value is -5.57. The average Bonchev–Trinajstić information content (AvgIpc) is 3.41. The number of morpholine rings is 1. The van der Waals surface area contributed by atoms with Crippen LogP contribution >= 0.6 is 0 Å². The van der Waals surface area contributed by atoms with Crippen molar-refractivity contribution in [1.29, 1.82) is 0 Å². The van der Waals surface area contributed by atoms with Gasteiger partial charge in [0.05, 0.1) is 18.8 Å². The number of ether oxygens (including phenoxy) is 4. The highest BCUT2D eigenvalue weighted by Gasteiger charge is 2.41. The van der Waals surface area contributed by atoms with E-state index in [4.69, 9.17) is 18.9 Å². The molecule has 15 heteroatoms. The fourth-order valence-electron chi connectivity index (χ4n) is 5.56. The quantitative estimate of drug-likeness (QED) is 0.328. The molecule has 0 radical (unpaired) electrons. The van der Waals surface area contributed by atoms with E-state index < -0.39 is 41.5 Å². The van der Waals surface area contributed by atoms with Gasteiger partial charge in [-0.15, -0.1) is 0 Å². The third-order valence-electron chi connectivity index (χ3n) is 8.02. The van der Waals surface area contributed by atoms with Crippen LogP contribution in [0.3, 0.4) is 0 Å². The lowest BCUT2D eigenvalue weighted by Crippen LogP contribution is -2.52. The van der Waals surface area contributed by atoms with Crippen molar-refractivity contribution in [3.05, 3.63) is 82.9 Å². The van der Waals surface area contributed by atoms with Crippen LogP contribution in [-0.4, -0.2) is 78.5 Å². The number of amides is 5. The molecule has 3 aromatic rings. The molecule has 1 atom stereocenters. The lowest BCUT2D eigenvalue weighted by atomic mass is 10.0. The third-order valence-corrected chi connectivity index (χ3v) is 8.02. The molecule has 0 bridgehead atoms. The molecular formula is C33H30F2N4O9. The second-order valence-corrected chi connectivity index (χ2v) is 11.2. The maximum atomic E-state index is 13.7. The van der Waals surface area contributed by atoms with Gasteiger partial charge < -0.3 is 28.7 Å². The maximum Gasteiger partial charge on any atom is 0.411 e. The van der Waals surface area contributed by atoms with E-state index in [2.05, 4.69) is 10.6 Å². The molecule has 13 nitrogen and oxygen atoms in total. The lowest BCUT2D eigenvalue weighted by Gasteiger charge is -2.29. The second kappa shape index (κ2) is 14.0. The number of rotatable bonds is 9. The van der Waals surface area contributed by atoms with Gasteiger partial charge in [-0.25, -0.2) is 13.6 Å². The van der Waals surface area contributed by atoms with Crippen molar-refractivity contribution in [3.8, 4) is 17.2 Å². The van der Waals surface area contributed by atoms with E-state index in [9.17, 15) is 32.8 Å². The van der Waals surface area contributed by atoms with E-state index in [1.165, 1.54) is 35.2 Å². The van der Waals surface area contributed by atoms with Crippen molar-refractivity contribution >= 4 is 35.4 Å². The Morgan fingerprint density at radius 3 is 2.44 bits per heavy atom. The van der Waals surface area contributed by atoms with Crippen molar-refractivity contribution in [1.82, 2.24) is 15.1 Å². The predicted octanol–water partition coefficient (Wildman–Crippen LogP) is 3.50. The highest BCUT2D eigenvalue weighted by atomic mass is 19.2. The van der Waals surface area contributed by atoms with Crippen molar-refractivity contribution in [2.75, 3.05) is 38.2 Å². The molecule has 0 aliphatic carbocycles. The van der Waals surface area contributed by atoms with Gasteiger partial charge in [0.15, 0.2) is 18.2 Å². The Balaban J connectivity index is 1.14. The number of carbonyl (C=O) groups excluding carboxylic acids is 5. The molecule has 0 saturated carbocycles. The Kier molecular flexibility index (Phi) is 9.48. The first-order chi connectivity index (χ1) is 23.2. The van der Waals surface area contributed by atoms with Crippen LogP contribution in [0.2, 0.25) is 0 Å². The van der Waals surface area contributed by atoms with Gasteiger partial charge in [-0.05, 0) is 48.4 Å². The number of fused-ring (bicyclic) bond motifs is 1. The van der Waals surface area contributed by atoms with Crippen molar-refractivity contribution < 1.29 is 51.7 Å². The zero-order valence-electron chi connectivity index (χ0n) is 25.5. The standard InChI is InChI=1S/C33H30F2N4O9/c34-24-8-7-23(15-25(24)35)48-22-5-3-21(4-6-22)36-33(44)47-17-20-2-1-19-16-39(26-9-10-27(40)37-31(26)42)32(43)29(19)30(20)46-18-28(41)38-11-13-45-14-12-38/h1-8,15,26H,9-14,16-18H2,(H,36,44)(H,37,40,42). The first-order valence-corrected chi connectivity index (χ1v) is 15.1. The number of nitrogens with zero attached hydrogens (tertiary/aromatic N) is 2. The SMILES string of the molecule is O=C1CCC(N2Cc3ccc(COC(=O)Nc4ccc(Oc5ccc(F)c(F)c5)cc4)c(OCC(=O)N4CCOCC4)c3C2=O)C(=O)N1. The fourth-order valence-corrected chi connectivity index (χ4v) is 5.56. The van der Waals surface area contributed by atoms with E-state index in [1.807, 2.05) is 0 Å². The van der Waals surface area contributed by atoms with Crippen LogP contribution in [0, 0.1) is 11.6 Å². The minimum atomic E-state index is -1.05. The topological polar surface area (TPSA) is 153 Å². The summed E-state index contributed by atoms with van der Waals surface area (Å²) < 4.78 is 48.9. The van der Waals surface area contributed by atoms with Gasteiger partial charge in [-0.2, -0.15) is 0 Å². The van der Waals surface area contributed by atoms with Gasteiger partial charge in [-0.3, -0.25) is 29.8 Å². The molecule has 2 N–H and O–H groups in total. The summed E-state index contributed by atoms with van der Waals surface area (Å²) in [5.74, 6) is -3.40. The molecule has 6 rings (SSSR count). The molecule has 48 heavy (non-hydrogen) atoms. The number of piperidine rings is 1. The fraction of sp³-hybridized carbons (Fsp3) is 0.303. The molecule has 3 aromatic carbocycles. The highest BCUT2D eigenvalue weighted by molar-refractivity contribution is 6.06. The van der Waals surface area contributed by atoms with Gasteiger partial charge in [0.1, 0.15) is 29.9 Å². The molecular weight excluding hydrogens is 634 g/mol. The normalized spacial score (nSPS) is 17.5. The van der Waals surface area contributed by atoms with Crippen LogP contribution < -0.4 is 20.1 Å². The monoisotopic (exact) mass is 664 g/mol. The first kappa shape index (κ1) is 32.4. The van der Waals surface area contributed by atoms with Crippen LogP contribution in [-0.2, 0) is 37.0 Å². The van der Waals surface area contributed by atoms with Gasteiger partial charge in [-0.1, -0.05) is 12.1 Å². The largest absolute Gasteiger partial charge is 0.482 e. The number of hydrogen-bond donors (Lipinski definition) is 2. The number of nitrogens with one attached hydrogen (secondary N) is 2. The summed E-state index contributed by atoms with van der Waals surface area (Å²) in [6.45, 7) is 0.944. The summed E-state index contributed by atoms with van der Waals surface area (Å²) in [4.78, 5) is 66.5. The third kappa shape index (κ3) is 7.20. The van der Waals surface area contributed by atoms with Crippen molar-refractivity contribution in [3.63, 3.8) is 0 Å².